The number of benzene rings is 1. The molecule has 1 aromatic heterocycles. The molecule has 1 atom stereocenters. The monoisotopic (exact) mass is 447 g/mol. The predicted octanol–water partition coefficient (Wildman–Crippen LogP) is 2.69. The lowest BCUT2D eigenvalue weighted by Gasteiger charge is -2.31. The Hall–Kier alpha value is -2.82. The number of nitro groups is 1. The smallest absolute Gasteiger partial charge is 0.329 e. The van der Waals surface area contributed by atoms with Crippen molar-refractivity contribution in [2.75, 3.05) is 44.4 Å². The van der Waals surface area contributed by atoms with Crippen LogP contribution >= 0.6 is 11.6 Å². The summed E-state index contributed by atoms with van der Waals surface area (Å²) in [6.45, 7) is 1.83. The first-order valence-corrected chi connectivity index (χ1v) is 10.4. The normalized spacial score (nSPS) is 15.5. The number of hydrogen-bond acceptors (Lipinski definition) is 9. The number of nitrogens with one attached hydrogen (secondary N) is 3. The number of aromatic nitrogens is 2. The molecule has 2 heterocycles. The van der Waals surface area contributed by atoms with E-state index in [2.05, 4.69) is 25.9 Å². The minimum Gasteiger partial charge on any atom is -0.354 e. The molecule has 31 heavy (non-hydrogen) atoms. The van der Waals surface area contributed by atoms with Gasteiger partial charge in [0, 0.05) is 10.7 Å². The maximum atomic E-state index is 13.0. The van der Waals surface area contributed by atoms with Crippen LogP contribution in [0.25, 0.3) is 0 Å². The first-order valence-electron chi connectivity index (χ1n) is 10.0. The molecule has 10 nitrogen and oxygen atoms in total. The number of anilines is 3. The van der Waals surface area contributed by atoms with Gasteiger partial charge in [-0.2, -0.15) is 4.98 Å². The maximum absolute atomic E-state index is 13.0. The molecular formula is C20H26ClN7O3. The number of likely N-dealkylation sites (N-methyl/N-ethyl adjacent to an activating group) is 1. The maximum Gasteiger partial charge on any atom is 0.329 e. The van der Waals surface area contributed by atoms with Gasteiger partial charge in [-0.15, -0.1) is 0 Å². The van der Waals surface area contributed by atoms with Crippen LogP contribution in [0.5, 0.6) is 0 Å². The summed E-state index contributed by atoms with van der Waals surface area (Å²) in [7, 11) is 3.64. The zero-order valence-corrected chi connectivity index (χ0v) is 18.2. The molecule has 2 aromatic rings. The van der Waals surface area contributed by atoms with Crippen molar-refractivity contribution in [3.63, 3.8) is 0 Å². The molecule has 0 radical (unpaired) electrons. The van der Waals surface area contributed by atoms with Crippen LogP contribution in [0, 0.1) is 16.0 Å². The minimum atomic E-state index is -0.582. The predicted molar refractivity (Wildman–Crippen MR) is 120 cm³/mol. The van der Waals surface area contributed by atoms with E-state index in [4.69, 9.17) is 11.6 Å². The third-order valence-electron chi connectivity index (χ3n) is 5.03. The molecule has 1 aromatic carbocycles. The number of nitrogens with zero attached hydrogens (tertiary/aromatic N) is 4. The highest BCUT2D eigenvalue weighted by Gasteiger charge is 2.32. The van der Waals surface area contributed by atoms with Gasteiger partial charge in [-0.3, -0.25) is 14.9 Å². The van der Waals surface area contributed by atoms with Crippen molar-refractivity contribution in [2.45, 2.75) is 18.9 Å². The number of carbonyl (C=O) groups is 1. The van der Waals surface area contributed by atoms with Gasteiger partial charge in [0.2, 0.25) is 11.8 Å². The molecule has 3 rings (SSSR count). The van der Waals surface area contributed by atoms with Crippen LogP contribution in [0.15, 0.2) is 30.5 Å². The van der Waals surface area contributed by atoms with E-state index in [1.54, 1.807) is 29.2 Å². The molecule has 3 N–H and O–H groups in total. The Morgan fingerprint density at radius 1 is 1.32 bits per heavy atom. The molecule has 0 bridgehead atoms. The second-order valence-electron chi connectivity index (χ2n) is 7.73. The molecular weight excluding hydrogens is 422 g/mol. The van der Waals surface area contributed by atoms with E-state index in [1.807, 2.05) is 14.1 Å². The Morgan fingerprint density at radius 3 is 2.61 bits per heavy atom. The molecule has 166 valence electrons. The van der Waals surface area contributed by atoms with Crippen molar-refractivity contribution >= 4 is 40.5 Å². The van der Waals surface area contributed by atoms with Gasteiger partial charge in [0.05, 0.1) is 17.5 Å². The summed E-state index contributed by atoms with van der Waals surface area (Å²) in [6.07, 6.45) is 2.74. The third kappa shape index (κ3) is 6.33. The second kappa shape index (κ2) is 10.5. The molecule has 1 aliphatic rings. The second-order valence-corrected chi connectivity index (χ2v) is 8.17. The van der Waals surface area contributed by atoms with Gasteiger partial charge < -0.3 is 20.9 Å². The summed E-state index contributed by atoms with van der Waals surface area (Å²) >= 11 is 5.91. The zero-order valence-electron chi connectivity index (χ0n) is 17.5. The summed E-state index contributed by atoms with van der Waals surface area (Å²) in [5.41, 5.74) is 0.404. The van der Waals surface area contributed by atoms with Gasteiger partial charge >= 0.3 is 5.69 Å². The number of ketones is 1. The van der Waals surface area contributed by atoms with Gasteiger partial charge in [0.1, 0.15) is 6.20 Å². The van der Waals surface area contributed by atoms with E-state index in [1.165, 1.54) is 0 Å². The SMILES string of the molecule is CN(C)CC(=O)C(Nc1nc(Nc2ccc(Cl)cc2)ncc1[N+](=O)[O-])C1CCNCC1. The molecule has 11 heteroatoms. The fraction of sp³-hybridized carbons (Fsp3) is 0.450. The number of hydrogen-bond donors (Lipinski definition) is 3. The highest BCUT2D eigenvalue weighted by atomic mass is 35.5. The van der Waals surface area contributed by atoms with Gasteiger partial charge in [-0.25, -0.2) is 4.98 Å². The molecule has 0 amide bonds. The Bertz CT molecular complexity index is 917. The Kier molecular flexibility index (Phi) is 7.72. The van der Waals surface area contributed by atoms with Crippen LogP contribution in [-0.4, -0.2) is 65.3 Å². The lowest BCUT2D eigenvalue weighted by molar-refractivity contribution is -0.384. The minimum absolute atomic E-state index is 0.0205. The number of Topliss-reactive ketones (excluding diaryl/α,β-unsaturated/α-hetero) is 1. The molecule has 1 aliphatic heterocycles. The van der Waals surface area contributed by atoms with E-state index in [9.17, 15) is 14.9 Å². The standard InChI is InChI=1S/C20H26ClN7O3/c1-27(2)12-17(29)18(13-7-9-22-10-8-13)25-19-16(28(30)31)11-23-20(26-19)24-15-5-3-14(21)4-6-15/h3-6,11,13,18,22H,7-10,12H2,1-2H3,(H2,23,24,25,26). The summed E-state index contributed by atoms with van der Waals surface area (Å²) in [6, 6.07) is 6.33. The van der Waals surface area contributed by atoms with Gasteiger partial charge in [-0.1, -0.05) is 11.6 Å². The topological polar surface area (TPSA) is 125 Å². The van der Waals surface area contributed by atoms with Crippen molar-refractivity contribution in [2.24, 2.45) is 5.92 Å². The van der Waals surface area contributed by atoms with Crippen LogP contribution in [-0.2, 0) is 4.79 Å². The quantitative estimate of drug-likeness (QED) is 0.392. The van der Waals surface area contributed by atoms with Gasteiger partial charge in [0.15, 0.2) is 5.78 Å². The number of carbonyl (C=O) groups excluding carboxylic acids is 1. The lowest BCUT2D eigenvalue weighted by atomic mass is 9.87. The molecule has 1 fully saturated rings. The van der Waals surface area contributed by atoms with Gasteiger partial charge in [0.25, 0.3) is 0 Å². The van der Waals surface area contributed by atoms with E-state index >= 15 is 0 Å². The molecule has 0 saturated carbocycles. The lowest BCUT2D eigenvalue weighted by Crippen LogP contribution is -2.45. The average Bonchev–Trinajstić information content (AvgIpc) is 2.73. The Balaban J connectivity index is 1.89. The highest BCUT2D eigenvalue weighted by Crippen LogP contribution is 2.28. The fourth-order valence-corrected chi connectivity index (χ4v) is 3.66. The third-order valence-corrected chi connectivity index (χ3v) is 5.28. The van der Waals surface area contributed by atoms with Crippen LogP contribution < -0.4 is 16.0 Å². The van der Waals surface area contributed by atoms with Crippen LogP contribution in [0.1, 0.15) is 12.8 Å². The first-order chi connectivity index (χ1) is 14.8. The first kappa shape index (κ1) is 22.9. The fourth-order valence-electron chi connectivity index (χ4n) is 3.53. The van der Waals surface area contributed by atoms with E-state index < -0.39 is 11.0 Å². The van der Waals surface area contributed by atoms with Crippen molar-refractivity contribution in [1.82, 2.24) is 20.2 Å². The number of piperidine rings is 1. The van der Waals surface area contributed by atoms with Crippen LogP contribution in [0.3, 0.4) is 0 Å². The summed E-state index contributed by atoms with van der Waals surface area (Å²) in [5.74, 6) is 0.222. The summed E-state index contributed by atoms with van der Waals surface area (Å²) in [4.78, 5) is 34.2. The largest absolute Gasteiger partial charge is 0.354 e. The summed E-state index contributed by atoms with van der Waals surface area (Å²) < 4.78 is 0. The van der Waals surface area contributed by atoms with E-state index in [-0.39, 0.29) is 35.7 Å². The highest BCUT2D eigenvalue weighted by molar-refractivity contribution is 6.30. The summed E-state index contributed by atoms with van der Waals surface area (Å²) in [5, 5.41) is 21.5. The van der Waals surface area contributed by atoms with E-state index in [0.717, 1.165) is 32.1 Å². The van der Waals surface area contributed by atoms with Crippen molar-refractivity contribution < 1.29 is 9.72 Å². The average molecular weight is 448 g/mol. The van der Waals surface area contributed by atoms with Crippen LogP contribution in [0.4, 0.5) is 23.1 Å². The number of rotatable bonds is 9. The Labute approximate surface area is 185 Å². The molecule has 0 spiro atoms. The molecule has 0 aliphatic carbocycles. The van der Waals surface area contributed by atoms with Crippen LogP contribution in [0.2, 0.25) is 5.02 Å². The zero-order chi connectivity index (χ0) is 22.4. The Morgan fingerprint density at radius 2 is 2.00 bits per heavy atom. The van der Waals surface area contributed by atoms with Crippen molar-refractivity contribution in [3.8, 4) is 0 Å². The van der Waals surface area contributed by atoms with Gasteiger partial charge in [-0.05, 0) is 70.2 Å². The van der Waals surface area contributed by atoms with E-state index in [0.29, 0.717) is 10.7 Å². The number of halogens is 1. The molecule has 1 saturated heterocycles. The van der Waals surface area contributed by atoms with Crippen molar-refractivity contribution in [3.05, 3.63) is 45.6 Å². The van der Waals surface area contributed by atoms with Crippen molar-refractivity contribution in [1.29, 1.82) is 0 Å². The molecule has 1 unspecified atom stereocenters.